The monoisotopic (exact) mass is 666 g/mol. The van der Waals surface area contributed by atoms with Crippen molar-refractivity contribution in [2.45, 2.75) is 102 Å². The number of rotatable bonds is 14. The van der Waals surface area contributed by atoms with Gasteiger partial charge in [0, 0.05) is 5.02 Å². The van der Waals surface area contributed by atoms with Gasteiger partial charge in [0.05, 0.1) is 19.8 Å². The number of carbonyl (C=O) groups excluding carboxylic acids is 1. The summed E-state index contributed by atoms with van der Waals surface area (Å²) in [6, 6.07) is 11.1. The molecule has 2 fully saturated rings. The number of hydrogen-bond acceptors (Lipinski definition) is 6. The second-order valence-corrected chi connectivity index (χ2v) is 13.2. The number of carbonyl (C=O) groups is 1. The van der Waals surface area contributed by atoms with E-state index in [1.165, 1.54) is 19.3 Å². The Balaban J connectivity index is 1.57. The molecule has 2 aliphatic rings. The van der Waals surface area contributed by atoms with Crippen molar-refractivity contribution in [3.63, 3.8) is 0 Å². The van der Waals surface area contributed by atoms with Crippen molar-refractivity contribution in [1.29, 1.82) is 0 Å². The lowest BCUT2D eigenvalue weighted by molar-refractivity contribution is -0.345. The fourth-order valence-corrected chi connectivity index (χ4v) is 7.59. The number of likely N-dealkylation sites (tertiary alicyclic amines) is 1. The highest BCUT2D eigenvalue weighted by molar-refractivity contribution is 6.30. The summed E-state index contributed by atoms with van der Waals surface area (Å²) in [4.78, 5) is 18.3. The van der Waals surface area contributed by atoms with Gasteiger partial charge in [0.15, 0.2) is 0 Å². The van der Waals surface area contributed by atoms with Crippen LogP contribution in [-0.2, 0) is 14.3 Å². The van der Waals surface area contributed by atoms with Gasteiger partial charge in [-0.15, -0.1) is 13.2 Å². The first-order valence-corrected chi connectivity index (χ1v) is 17.1. The molecule has 2 aromatic carbocycles. The Morgan fingerprint density at radius 1 is 1.04 bits per heavy atom. The molecule has 1 heterocycles. The van der Waals surface area contributed by atoms with Crippen LogP contribution in [0.15, 0.2) is 36.4 Å². The number of benzene rings is 2. The van der Waals surface area contributed by atoms with Gasteiger partial charge in [-0.05, 0) is 151 Å². The van der Waals surface area contributed by atoms with Gasteiger partial charge >= 0.3 is 12.3 Å². The second kappa shape index (κ2) is 17.2. The van der Waals surface area contributed by atoms with Gasteiger partial charge in [0.2, 0.25) is 0 Å². The molecule has 0 spiro atoms. The van der Waals surface area contributed by atoms with E-state index in [2.05, 4.69) is 14.5 Å². The first kappa shape index (κ1) is 36.5. The lowest BCUT2D eigenvalue weighted by Crippen LogP contribution is -2.35. The first-order valence-electron chi connectivity index (χ1n) is 16.8. The van der Waals surface area contributed by atoms with Crippen LogP contribution in [0.5, 0.6) is 5.75 Å². The molecule has 2 aromatic rings. The Morgan fingerprint density at radius 2 is 1.76 bits per heavy atom. The van der Waals surface area contributed by atoms with Crippen LogP contribution in [0.3, 0.4) is 0 Å². The predicted molar refractivity (Wildman–Crippen MR) is 176 cm³/mol. The lowest BCUT2D eigenvalue weighted by Gasteiger charge is -2.35. The van der Waals surface area contributed by atoms with E-state index in [4.69, 9.17) is 21.1 Å². The largest absolute Gasteiger partial charge is 0.522 e. The zero-order valence-electron chi connectivity index (χ0n) is 27.7. The second-order valence-electron chi connectivity index (χ2n) is 12.8. The average Bonchev–Trinajstić information content (AvgIpc) is 3.02. The van der Waals surface area contributed by atoms with Crippen molar-refractivity contribution in [2.24, 2.45) is 0 Å². The standard InChI is InChI=1S/C36H50ClF3N2O4/c1-5-45-35(43)34(30-11-9-10-25(2)33(30)27-12-15-29(16-13-27)46-36(38,39)40)41(3)22-18-26(19-23-42-20-7-6-8-21-42)31-24-28(37)14-17-32(31)44-4/h9-11,14,17,24,26-27,29,34H,5-8,12-13,15-16,18-23H2,1-4H3/t26-,27?,29?,34?/m1/s1. The van der Waals surface area contributed by atoms with E-state index in [-0.39, 0.29) is 24.4 Å². The summed E-state index contributed by atoms with van der Waals surface area (Å²) >= 11 is 6.48. The van der Waals surface area contributed by atoms with Crippen molar-refractivity contribution < 1.29 is 32.2 Å². The van der Waals surface area contributed by atoms with Gasteiger partial charge in [-0.3, -0.25) is 9.64 Å². The average molecular weight is 667 g/mol. The third kappa shape index (κ3) is 10.1. The summed E-state index contributed by atoms with van der Waals surface area (Å²) in [6.07, 6.45) is 1.74. The molecule has 6 nitrogen and oxygen atoms in total. The highest BCUT2D eigenvalue weighted by atomic mass is 35.5. The maximum absolute atomic E-state index is 13.7. The van der Waals surface area contributed by atoms with E-state index in [0.717, 1.165) is 60.5 Å². The van der Waals surface area contributed by atoms with E-state index >= 15 is 0 Å². The lowest BCUT2D eigenvalue weighted by atomic mass is 9.77. The van der Waals surface area contributed by atoms with Crippen LogP contribution in [0.4, 0.5) is 13.2 Å². The maximum Gasteiger partial charge on any atom is 0.522 e. The minimum absolute atomic E-state index is 0.0302. The molecule has 1 unspecified atom stereocenters. The van der Waals surface area contributed by atoms with Gasteiger partial charge in [0.1, 0.15) is 11.8 Å². The summed E-state index contributed by atoms with van der Waals surface area (Å²) < 4.78 is 54.4. The molecule has 256 valence electrons. The number of halogens is 4. The van der Waals surface area contributed by atoms with Crippen LogP contribution in [0.1, 0.15) is 105 Å². The van der Waals surface area contributed by atoms with Gasteiger partial charge in [-0.2, -0.15) is 0 Å². The van der Waals surface area contributed by atoms with Crippen molar-refractivity contribution in [3.05, 3.63) is 63.7 Å². The Hall–Kier alpha value is -2.33. The molecular weight excluding hydrogens is 617 g/mol. The van der Waals surface area contributed by atoms with Crippen LogP contribution in [-0.4, -0.2) is 75.2 Å². The molecule has 0 N–H and O–H groups in total. The van der Waals surface area contributed by atoms with Gasteiger partial charge in [-0.1, -0.05) is 36.2 Å². The van der Waals surface area contributed by atoms with Crippen molar-refractivity contribution in [2.75, 3.05) is 46.9 Å². The summed E-state index contributed by atoms with van der Waals surface area (Å²) in [7, 11) is 3.64. The molecule has 1 saturated carbocycles. The summed E-state index contributed by atoms with van der Waals surface area (Å²) in [5.41, 5.74) is 4.01. The number of piperidine rings is 1. The highest BCUT2D eigenvalue weighted by Gasteiger charge is 2.37. The Morgan fingerprint density at radius 3 is 2.41 bits per heavy atom. The van der Waals surface area contributed by atoms with E-state index < -0.39 is 18.5 Å². The van der Waals surface area contributed by atoms with E-state index in [1.54, 1.807) is 14.0 Å². The van der Waals surface area contributed by atoms with Crippen LogP contribution in [0.25, 0.3) is 0 Å². The molecule has 1 aliphatic heterocycles. The fraction of sp³-hybridized carbons (Fsp3) is 0.639. The predicted octanol–water partition coefficient (Wildman–Crippen LogP) is 8.81. The number of ether oxygens (including phenoxy) is 3. The Kier molecular flexibility index (Phi) is 13.6. The number of nitrogens with zero attached hydrogens (tertiary/aromatic N) is 2. The number of likely N-dealkylation sites (N-methyl/N-ethyl adjacent to an activating group) is 1. The fourth-order valence-electron chi connectivity index (χ4n) is 7.41. The molecule has 0 bridgehead atoms. The number of esters is 1. The molecule has 2 atom stereocenters. The number of hydrogen-bond donors (Lipinski definition) is 0. The minimum atomic E-state index is -4.64. The number of aryl methyl sites for hydroxylation is 1. The van der Waals surface area contributed by atoms with E-state index in [9.17, 15) is 18.0 Å². The summed E-state index contributed by atoms with van der Waals surface area (Å²) in [6.45, 7) is 7.90. The van der Waals surface area contributed by atoms with Crippen molar-refractivity contribution in [1.82, 2.24) is 9.80 Å². The third-order valence-corrected chi connectivity index (χ3v) is 9.93. The van der Waals surface area contributed by atoms with Gasteiger partial charge in [0.25, 0.3) is 0 Å². The van der Waals surface area contributed by atoms with Crippen molar-refractivity contribution in [3.8, 4) is 5.75 Å². The van der Waals surface area contributed by atoms with Crippen LogP contribution in [0.2, 0.25) is 5.02 Å². The van der Waals surface area contributed by atoms with E-state index in [1.807, 2.05) is 50.4 Å². The molecule has 46 heavy (non-hydrogen) atoms. The molecule has 10 heteroatoms. The van der Waals surface area contributed by atoms with Gasteiger partial charge < -0.3 is 14.4 Å². The van der Waals surface area contributed by atoms with Gasteiger partial charge in [-0.25, -0.2) is 4.79 Å². The molecule has 4 rings (SSSR count). The summed E-state index contributed by atoms with van der Waals surface area (Å²) in [5.74, 6) is 0.671. The van der Waals surface area contributed by atoms with E-state index in [0.29, 0.717) is 37.3 Å². The third-order valence-electron chi connectivity index (χ3n) is 9.69. The quantitative estimate of drug-likeness (QED) is 0.188. The number of alkyl halides is 3. The molecule has 0 radical (unpaired) electrons. The molecule has 0 amide bonds. The minimum Gasteiger partial charge on any atom is -0.496 e. The van der Waals surface area contributed by atoms with Crippen LogP contribution < -0.4 is 4.74 Å². The highest BCUT2D eigenvalue weighted by Crippen LogP contribution is 2.42. The Labute approximate surface area is 277 Å². The topological polar surface area (TPSA) is 51.2 Å². The van der Waals surface area contributed by atoms with Crippen LogP contribution >= 0.6 is 11.6 Å². The smallest absolute Gasteiger partial charge is 0.496 e. The zero-order chi connectivity index (χ0) is 33.3. The summed E-state index contributed by atoms with van der Waals surface area (Å²) in [5, 5.41) is 0.663. The molecular formula is C36H50ClF3N2O4. The molecule has 1 saturated heterocycles. The van der Waals surface area contributed by atoms with Crippen LogP contribution in [0, 0.1) is 6.92 Å². The Bertz CT molecular complexity index is 1260. The zero-order valence-corrected chi connectivity index (χ0v) is 28.5. The molecule has 0 aromatic heterocycles. The first-order chi connectivity index (χ1) is 22.0. The maximum atomic E-state index is 13.7. The SMILES string of the molecule is CCOC(=O)C(c1cccc(C)c1C1CCC(OC(F)(F)F)CC1)N(C)CC[C@H](CCN1CCCCC1)c1cc(Cl)ccc1OC. The number of methoxy groups -OCH3 is 1. The molecule has 1 aliphatic carbocycles. The van der Waals surface area contributed by atoms with Crippen molar-refractivity contribution >= 4 is 17.6 Å². The normalized spacial score (nSPS) is 20.8.